The molecule has 0 bridgehead atoms. The van der Waals surface area contributed by atoms with Gasteiger partial charge in [0.25, 0.3) is 0 Å². The van der Waals surface area contributed by atoms with Crippen molar-refractivity contribution < 1.29 is 14.3 Å². The molecule has 10 heteroatoms. The summed E-state index contributed by atoms with van der Waals surface area (Å²) in [4.78, 5) is 15.4. The van der Waals surface area contributed by atoms with Crippen molar-refractivity contribution in [2.24, 2.45) is 0 Å². The minimum atomic E-state index is -0.0547. The maximum absolute atomic E-state index is 13.0. The second-order valence-corrected chi connectivity index (χ2v) is 9.23. The largest absolute Gasteiger partial charge is 0.493 e. The summed E-state index contributed by atoms with van der Waals surface area (Å²) < 4.78 is 12.4. The Morgan fingerprint density at radius 3 is 2.51 bits per heavy atom. The van der Waals surface area contributed by atoms with Crippen LogP contribution in [0.1, 0.15) is 36.3 Å². The van der Waals surface area contributed by atoms with Crippen molar-refractivity contribution in [2.75, 3.05) is 27.3 Å². The van der Waals surface area contributed by atoms with E-state index in [2.05, 4.69) is 31.8 Å². The highest BCUT2D eigenvalue weighted by molar-refractivity contribution is 6.30. The van der Waals surface area contributed by atoms with E-state index in [1.807, 2.05) is 36.4 Å². The van der Waals surface area contributed by atoms with Crippen LogP contribution >= 0.6 is 11.6 Å². The van der Waals surface area contributed by atoms with Crippen molar-refractivity contribution in [1.29, 1.82) is 0 Å². The summed E-state index contributed by atoms with van der Waals surface area (Å²) in [7, 11) is 3.29. The predicted molar refractivity (Wildman–Crippen MR) is 133 cm³/mol. The van der Waals surface area contributed by atoms with Crippen LogP contribution in [-0.4, -0.2) is 64.4 Å². The van der Waals surface area contributed by atoms with E-state index in [1.54, 1.807) is 25.2 Å². The lowest BCUT2D eigenvalue weighted by Crippen LogP contribution is -2.44. The number of aromatic nitrogens is 4. The molecule has 0 radical (unpaired) electrons. The lowest BCUT2D eigenvalue weighted by Gasteiger charge is -2.32. The van der Waals surface area contributed by atoms with Crippen molar-refractivity contribution in [2.45, 2.75) is 44.3 Å². The first-order chi connectivity index (χ1) is 17.0. The maximum Gasteiger partial charge on any atom is 0.220 e. The highest BCUT2D eigenvalue weighted by Gasteiger charge is 2.23. The van der Waals surface area contributed by atoms with Gasteiger partial charge in [-0.2, -0.15) is 0 Å². The normalized spacial score (nSPS) is 15.5. The van der Waals surface area contributed by atoms with Gasteiger partial charge < -0.3 is 14.8 Å². The smallest absolute Gasteiger partial charge is 0.220 e. The minimum Gasteiger partial charge on any atom is -0.493 e. The molecule has 1 aromatic heterocycles. The fraction of sp³-hybridized carbons (Fsp3) is 0.440. The number of likely N-dealkylation sites (tertiary alicyclic amines) is 1. The van der Waals surface area contributed by atoms with Gasteiger partial charge >= 0.3 is 0 Å². The summed E-state index contributed by atoms with van der Waals surface area (Å²) in [5.74, 6) is 1.45. The number of halogens is 1. The summed E-state index contributed by atoms with van der Waals surface area (Å²) in [5.41, 5.74) is 2.21. The van der Waals surface area contributed by atoms with Gasteiger partial charge in [-0.1, -0.05) is 29.8 Å². The van der Waals surface area contributed by atoms with Gasteiger partial charge in [0.1, 0.15) is 6.33 Å². The van der Waals surface area contributed by atoms with Crippen molar-refractivity contribution >= 4 is 17.5 Å². The van der Waals surface area contributed by atoms with Crippen LogP contribution in [0.2, 0.25) is 5.02 Å². The first kappa shape index (κ1) is 24.9. The van der Waals surface area contributed by atoms with Crippen LogP contribution in [0, 0.1) is 0 Å². The molecule has 1 N–H and O–H groups in total. The fourth-order valence-electron chi connectivity index (χ4n) is 4.50. The Hall–Kier alpha value is -3.17. The number of nitrogens with zero attached hydrogens (tertiary/aromatic N) is 5. The molecule has 1 amide bonds. The monoisotopic (exact) mass is 498 g/mol. The second kappa shape index (κ2) is 12.0. The molecule has 1 aliphatic heterocycles. The summed E-state index contributed by atoms with van der Waals surface area (Å²) in [6.45, 7) is 3.20. The first-order valence-corrected chi connectivity index (χ1v) is 12.1. The van der Waals surface area contributed by atoms with Crippen LogP contribution in [0.4, 0.5) is 0 Å². The number of methoxy groups -OCH3 is 2. The highest BCUT2D eigenvalue weighted by Crippen LogP contribution is 2.28. The Kier molecular flexibility index (Phi) is 8.54. The standard InChI is InChI=1S/C25H31ClN6O3/c1-34-23-8-3-18(13-24(23)35-2)15-31-11-9-22(10-12-31)28-25(33)14-20(16-32-17-27-29-30-32)19-4-6-21(26)7-5-19/h3-8,13,17,20,22H,9-12,14-16H2,1-2H3,(H,28,33). The molecule has 0 aliphatic carbocycles. The van der Waals surface area contributed by atoms with E-state index in [-0.39, 0.29) is 17.9 Å². The average molecular weight is 499 g/mol. The molecule has 1 fully saturated rings. The summed E-state index contributed by atoms with van der Waals surface area (Å²) >= 11 is 6.05. The van der Waals surface area contributed by atoms with Crippen LogP contribution in [0.15, 0.2) is 48.8 Å². The van der Waals surface area contributed by atoms with Crippen LogP contribution in [0.25, 0.3) is 0 Å². The molecule has 9 nitrogen and oxygen atoms in total. The van der Waals surface area contributed by atoms with Crippen LogP contribution < -0.4 is 14.8 Å². The number of hydrogen-bond donors (Lipinski definition) is 1. The number of ether oxygens (including phenoxy) is 2. The number of rotatable bonds is 10. The Bertz CT molecular complexity index is 1090. The quantitative estimate of drug-likeness (QED) is 0.458. The van der Waals surface area contributed by atoms with Crippen LogP contribution in [0.3, 0.4) is 0 Å². The lowest BCUT2D eigenvalue weighted by molar-refractivity contribution is -0.122. The van der Waals surface area contributed by atoms with Gasteiger partial charge in [-0.05, 0) is 58.7 Å². The van der Waals surface area contributed by atoms with Crippen molar-refractivity contribution in [3.05, 3.63) is 64.9 Å². The zero-order chi connectivity index (χ0) is 24.6. The minimum absolute atomic E-state index is 0.0383. The average Bonchev–Trinajstić information content (AvgIpc) is 3.38. The molecule has 35 heavy (non-hydrogen) atoms. The number of tetrazole rings is 1. The number of amides is 1. The van der Waals surface area contributed by atoms with E-state index in [0.29, 0.717) is 18.0 Å². The highest BCUT2D eigenvalue weighted by atomic mass is 35.5. The second-order valence-electron chi connectivity index (χ2n) is 8.79. The molecule has 4 rings (SSSR count). The van der Waals surface area contributed by atoms with Crippen LogP contribution in [0.5, 0.6) is 11.5 Å². The van der Waals surface area contributed by atoms with Crippen molar-refractivity contribution in [1.82, 2.24) is 30.4 Å². The van der Waals surface area contributed by atoms with Gasteiger partial charge in [0.15, 0.2) is 11.5 Å². The number of hydrogen-bond acceptors (Lipinski definition) is 7. The lowest BCUT2D eigenvalue weighted by atomic mass is 9.94. The zero-order valence-corrected chi connectivity index (χ0v) is 20.8. The molecule has 1 unspecified atom stereocenters. The molecule has 186 valence electrons. The number of carbonyl (C=O) groups excluding carboxylic acids is 1. The fourth-order valence-corrected chi connectivity index (χ4v) is 4.62. The summed E-state index contributed by atoms with van der Waals surface area (Å²) in [5, 5.41) is 15.3. The Morgan fingerprint density at radius 2 is 1.86 bits per heavy atom. The Balaban J connectivity index is 1.29. The Labute approximate surface area is 210 Å². The molecule has 2 aromatic carbocycles. The number of nitrogens with one attached hydrogen (secondary N) is 1. The SMILES string of the molecule is COc1ccc(CN2CCC(NC(=O)CC(Cn3cnnn3)c3ccc(Cl)cc3)CC2)cc1OC. The summed E-state index contributed by atoms with van der Waals surface area (Å²) in [6, 6.07) is 13.8. The van der Waals surface area contributed by atoms with E-state index in [1.165, 1.54) is 5.56 Å². The van der Waals surface area contributed by atoms with E-state index in [4.69, 9.17) is 21.1 Å². The van der Waals surface area contributed by atoms with E-state index in [9.17, 15) is 4.79 Å². The molecule has 0 spiro atoms. The third-order valence-corrected chi connectivity index (χ3v) is 6.63. The number of carbonyl (C=O) groups is 1. The maximum atomic E-state index is 13.0. The van der Waals surface area contributed by atoms with E-state index >= 15 is 0 Å². The van der Waals surface area contributed by atoms with E-state index in [0.717, 1.165) is 49.5 Å². The predicted octanol–water partition coefficient (Wildman–Crippen LogP) is 3.30. The Morgan fingerprint density at radius 1 is 1.11 bits per heavy atom. The third-order valence-electron chi connectivity index (χ3n) is 6.38. The van der Waals surface area contributed by atoms with Gasteiger partial charge in [-0.15, -0.1) is 5.10 Å². The van der Waals surface area contributed by atoms with Gasteiger partial charge in [0.2, 0.25) is 5.91 Å². The molecular formula is C25H31ClN6O3. The van der Waals surface area contributed by atoms with E-state index < -0.39 is 0 Å². The number of piperidine rings is 1. The molecule has 1 atom stereocenters. The molecule has 2 heterocycles. The van der Waals surface area contributed by atoms with Crippen LogP contribution in [-0.2, 0) is 17.9 Å². The summed E-state index contributed by atoms with van der Waals surface area (Å²) in [6.07, 6.45) is 3.75. The zero-order valence-electron chi connectivity index (χ0n) is 20.1. The van der Waals surface area contributed by atoms with Crippen molar-refractivity contribution in [3.63, 3.8) is 0 Å². The molecule has 3 aromatic rings. The third kappa shape index (κ3) is 6.93. The molecule has 1 saturated heterocycles. The number of benzene rings is 2. The first-order valence-electron chi connectivity index (χ1n) is 11.7. The molecule has 0 saturated carbocycles. The van der Waals surface area contributed by atoms with Gasteiger partial charge in [0.05, 0.1) is 20.8 Å². The molecule has 1 aliphatic rings. The van der Waals surface area contributed by atoms with Gasteiger partial charge in [-0.25, -0.2) is 4.68 Å². The topological polar surface area (TPSA) is 94.4 Å². The van der Waals surface area contributed by atoms with Gasteiger partial charge in [-0.3, -0.25) is 9.69 Å². The molecular weight excluding hydrogens is 468 g/mol. The van der Waals surface area contributed by atoms with Gasteiger partial charge in [0, 0.05) is 43.0 Å². The van der Waals surface area contributed by atoms with Crippen molar-refractivity contribution in [3.8, 4) is 11.5 Å².